The maximum absolute atomic E-state index is 11.1. The number of pyridine rings is 2. The summed E-state index contributed by atoms with van der Waals surface area (Å²) < 4.78 is 8.95. The van der Waals surface area contributed by atoms with Crippen LogP contribution in [0.3, 0.4) is 0 Å². The fraction of sp³-hybridized carbons (Fsp3) is 0.125. The Bertz CT molecular complexity index is 774. The normalized spacial score (nSPS) is 9.31. The lowest BCUT2D eigenvalue weighted by atomic mass is 10.2. The minimum atomic E-state index is -1.19. The van der Waals surface area contributed by atoms with Gasteiger partial charge < -0.3 is 19.7 Å². The number of aromatic nitrogens is 2. The monoisotopic (exact) mass is 362 g/mol. The molecule has 0 aromatic carbocycles. The Labute approximate surface area is 147 Å². The van der Waals surface area contributed by atoms with E-state index in [1.165, 1.54) is 32.7 Å². The van der Waals surface area contributed by atoms with E-state index in [-0.39, 0.29) is 22.3 Å². The van der Waals surface area contributed by atoms with Gasteiger partial charge in [-0.25, -0.2) is 19.2 Å². The molecule has 0 amide bonds. The van der Waals surface area contributed by atoms with Gasteiger partial charge in [-0.1, -0.05) is 0 Å². The van der Waals surface area contributed by atoms with E-state index in [1.54, 1.807) is 0 Å². The number of esters is 2. The molecule has 10 heteroatoms. The van der Waals surface area contributed by atoms with E-state index in [0.717, 1.165) is 18.5 Å². The Balaban J connectivity index is 0.000000263. The van der Waals surface area contributed by atoms with E-state index >= 15 is 0 Å². The van der Waals surface area contributed by atoms with Crippen LogP contribution >= 0.6 is 0 Å². The van der Waals surface area contributed by atoms with Gasteiger partial charge in [0, 0.05) is 24.8 Å². The van der Waals surface area contributed by atoms with Gasteiger partial charge in [-0.2, -0.15) is 0 Å². The van der Waals surface area contributed by atoms with Crippen LogP contribution in [0.2, 0.25) is 0 Å². The van der Waals surface area contributed by atoms with Gasteiger partial charge in [-0.05, 0) is 12.1 Å². The van der Waals surface area contributed by atoms with Gasteiger partial charge >= 0.3 is 23.9 Å². The van der Waals surface area contributed by atoms with Gasteiger partial charge in [0.15, 0.2) is 0 Å². The topological polar surface area (TPSA) is 153 Å². The zero-order chi connectivity index (χ0) is 19.7. The number of carbonyl (C=O) groups excluding carboxylic acids is 2. The van der Waals surface area contributed by atoms with E-state index in [1.807, 2.05) is 0 Å². The Morgan fingerprint density at radius 2 is 1.00 bits per heavy atom. The molecule has 10 nitrogen and oxygen atoms in total. The SMILES string of the molecule is COC(=O)c1cncc(C(=O)OC)c1.O=C(O)c1cncc(C(=O)O)c1. The molecule has 0 saturated carbocycles. The molecule has 0 fully saturated rings. The first kappa shape index (κ1) is 20.2. The zero-order valence-electron chi connectivity index (χ0n) is 13.7. The van der Waals surface area contributed by atoms with Crippen LogP contribution in [0.4, 0.5) is 0 Å². The highest BCUT2D eigenvalue weighted by atomic mass is 16.5. The fourth-order valence-corrected chi connectivity index (χ4v) is 1.57. The van der Waals surface area contributed by atoms with E-state index < -0.39 is 23.9 Å². The Hall–Kier alpha value is -3.82. The lowest BCUT2D eigenvalue weighted by Crippen LogP contribution is -2.06. The molecule has 26 heavy (non-hydrogen) atoms. The molecule has 2 rings (SSSR count). The molecule has 0 saturated heterocycles. The molecule has 2 aromatic heterocycles. The van der Waals surface area contributed by atoms with Crippen LogP contribution in [0, 0.1) is 0 Å². The Kier molecular flexibility index (Phi) is 7.37. The molecule has 2 N–H and O–H groups in total. The summed E-state index contributed by atoms with van der Waals surface area (Å²) in [5.74, 6) is -3.46. The van der Waals surface area contributed by atoms with Crippen LogP contribution in [0.25, 0.3) is 0 Å². The van der Waals surface area contributed by atoms with E-state index in [2.05, 4.69) is 19.4 Å². The number of methoxy groups -OCH3 is 2. The highest BCUT2D eigenvalue weighted by Crippen LogP contribution is 2.05. The van der Waals surface area contributed by atoms with Crippen LogP contribution in [0.1, 0.15) is 41.4 Å². The zero-order valence-corrected chi connectivity index (χ0v) is 13.7. The number of aromatic carboxylic acids is 2. The van der Waals surface area contributed by atoms with Crippen molar-refractivity contribution in [1.29, 1.82) is 0 Å². The molecule has 136 valence electrons. The molecular formula is C16H14N2O8. The molecule has 0 aliphatic heterocycles. The van der Waals surface area contributed by atoms with Crippen molar-refractivity contribution in [2.24, 2.45) is 0 Å². The number of carbonyl (C=O) groups is 4. The smallest absolute Gasteiger partial charge is 0.339 e. The third-order valence-corrected chi connectivity index (χ3v) is 2.81. The fourth-order valence-electron chi connectivity index (χ4n) is 1.57. The van der Waals surface area contributed by atoms with Gasteiger partial charge in [0.25, 0.3) is 0 Å². The minimum Gasteiger partial charge on any atom is -0.478 e. The molecular weight excluding hydrogens is 348 g/mol. The van der Waals surface area contributed by atoms with Crippen LogP contribution in [0.15, 0.2) is 36.9 Å². The van der Waals surface area contributed by atoms with Crippen molar-refractivity contribution in [3.05, 3.63) is 59.2 Å². The highest BCUT2D eigenvalue weighted by Gasteiger charge is 2.11. The number of carboxylic acid groups (broad SMARTS) is 2. The van der Waals surface area contributed by atoms with Crippen LogP contribution in [-0.4, -0.2) is 58.3 Å². The van der Waals surface area contributed by atoms with Crippen LogP contribution in [0.5, 0.6) is 0 Å². The van der Waals surface area contributed by atoms with Crippen molar-refractivity contribution in [1.82, 2.24) is 9.97 Å². The lowest BCUT2D eigenvalue weighted by Gasteiger charge is -2.01. The minimum absolute atomic E-state index is 0.130. The number of carboxylic acids is 2. The van der Waals surface area contributed by atoms with E-state index in [0.29, 0.717) is 0 Å². The number of ether oxygens (including phenoxy) is 2. The third-order valence-electron chi connectivity index (χ3n) is 2.81. The van der Waals surface area contributed by atoms with Crippen molar-refractivity contribution >= 4 is 23.9 Å². The Morgan fingerprint density at radius 1 is 0.692 bits per heavy atom. The number of nitrogens with zero attached hydrogens (tertiary/aromatic N) is 2. The summed E-state index contributed by atoms with van der Waals surface area (Å²) in [7, 11) is 2.51. The average molecular weight is 362 g/mol. The first-order valence-electron chi connectivity index (χ1n) is 6.83. The molecule has 0 aliphatic rings. The predicted molar refractivity (Wildman–Crippen MR) is 85.1 cm³/mol. The van der Waals surface area contributed by atoms with Gasteiger partial charge in [-0.15, -0.1) is 0 Å². The Morgan fingerprint density at radius 3 is 1.31 bits per heavy atom. The van der Waals surface area contributed by atoms with Gasteiger partial charge in [0.2, 0.25) is 0 Å². The number of rotatable bonds is 4. The summed E-state index contributed by atoms with van der Waals surface area (Å²) >= 11 is 0. The summed E-state index contributed by atoms with van der Waals surface area (Å²) in [6, 6.07) is 2.42. The van der Waals surface area contributed by atoms with Crippen molar-refractivity contribution in [3.63, 3.8) is 0 Å². The lowest BCUT2D eigenvalue weighted by molar-refractivity contribution is 0.0594. The van der Waals surface area contributed by atoms with Gasteiger partial charge in [0.05, 0.1) is 36.5 Å². The van der Waals surface area contributed by atoms with E-state index in [9.17, 15) is 19.2 Å². The second-order valence-electron chi connectivity index (χ2n) is 4.52. The quantitative estimate of drug-likeness (QED) is 0.757. The summed E-state index contributed by atoms with van der Waals surface area (Å²) in [5, 5.41) is 16.9. The first-order chi connectivity index (χ1) is 12.3. The van der Waals surface area contributed by atoms with E-state index in [4.69, 9.17) is 10.2 Å². The largest absolute Gasteiger partial charge is 0.478 e. The number of hydrogen-bond acceptors (Lipinski definition) is 8. The maximum Gasteiger partial charge on any atom is 0.339 e. The number of hydrogen-bond donors (Lipinski definition) is 2. The molecule has 2 aromatic rings. The predicted octanol–water partition coefficient (Wildman–Crippen LogP) is 1.13. The van der Waals surface area contributed by atoms with Gasteiger partial charge in [0.1, 0.15) is 0 Å². The molecule has 0 radical (unpaired) electrons. The molecule has 0 spiro atoms. The van der Waals surface area contributed by atoms with Crippen LogP contribution < -0.4 is 0 Å². The summed E-state index contributed by atoms with van der Waals surface area (Å²) in [6.07, 6.45) is 4.82. The summed E-state index contributed by atoms with van der Waals surface area (Å²) in [4.78, 5) is 50.0. The molecule has 2 heterocycles. The molecule has 0 bridgehead atoms. The third kappa shape index (κ3) is 5.67. The van der Waals surface area contributed by atoms with Crippen molar-refractivity contribution in [2.75, 3.05) is 14.2 Å². The summed E-state index contributed by atoms with van der Waals surface area (Å²) in [6.45, 7) is 0. The highest BCUT2D eigenvalue weighted by molar-refractivity contribution is 5.94. The standard InChI is InChI=1S/C9H9NO4.C7H5NO4/c1-13-8(11)6-3-7(5-10-4-6)9(12)14-2;9-6(10)4-1-5(7(11)12)3-8-2-4/h3-5H,1-2H3;1-3H,(H,9,10)(H,11,12). The average Bonchev–Trinajstić information content (AvgIpc) is 2.67. The first-order valence-corrected chi connectivity index (χ1v) is 6.83. The second kappa shape index (κ2) is 9.47. The van der Waals surface area contributed by atoms with Crippen molar-refractivity contribution in [3.8, 4) is 0 Å². The van der Waals surface area contributed by atoms with Crippen LogP contribution in [-0.2, 0) is 9.47 Å². The summed E-state index contributed by atoms with van der Waals surface area (Å²) in [5.41, 5.74) is 0.176. The molecule has 0 aliphatic carbocycles. The molecule has 0 atom stereocenters. The second-order valence-corrected chi connectivity index (χ2v) is 4.52. The molecule has 0 unspecified atom stereocenters. The van der Waals surface area contributed by atoms with Crippen molar-refractivity contribution in [2.45, 2.75) is 0 Å². The van der Waals surface area contributed by atoms with Crippen molar-refractivity contribution < 1.29 is 38.9 Å². The maximum atomic E-state index is 11.1. The van der Waals surface area contributed by atoms with Gasteiger partial charge in [-0.3, -0.25) is 9.97 Å².